The van der Waals surface area contributed by atoms with Crippen molar-refractivity contribution < 1.29 is 27.4 Å². The van der Waals surface area contributed by atoms with Crippen molar-refractivity contribution in [3.05, 3.63) is 35.2 Å². The molecule has 0 saturated carbocycles. The first-order valence-corrected chi connectivity index (χ1v) is 9.88. The zero-order valence-corrected chi connectivity index (χ0v) is 17.2. The molecular weight excluding hydrogens is 399 g/mol. The van der Waals surface area contributed by atoms with E-state index in [1.54, 1.807) is 25.7 Å². The molecule has 4 rings (SSSR count). The fourth-order valence-electron chi connectivity index (χ4n) is 3.91. The number of alkyl halides is 3. The molecule has 2 aromatic heterocycles. The van der Waals surface area contributed by atoms with Gasteiger partial charge in [-0.3, -0.25) is 0 Å². The van der Waals surface area contributed by atoms with Crippen LogP contribution in [-0.2, 0) is 28.7 Å². The van der Waals surface area contributed by atoms with Gasteiger partial charge in [-0.2, -0.15) is 13.2 Å². The fourth-order valence-corrected chi connectivity index (χ4v) is 3.91. The van der Waals surface area contributed by atoms with Gasteiger partial charge in [-0.1, -0.05) is 6.08 Å². The first-order chi connectivity index (χ1) is 14.0. The van der Waals surface area contributed by atoms with Gasteiger partial charge in [0.1, 0.15) is 11.2 Å². The van der Waals surface area contributed by atoms with Gasteiger partial charge in [0.15, 0.2) is 0 Å². The van der Waals surface area contributed by atoms with Crippen LogP contribution in [-0.4, -0.2) is 45.9 Å². The highest BCUT2D eigenvalue weighted by atomic mass is 19.4. The first-order valence-electron chi connectivity index (χ1n) is 9.88. The van der Waals surface area contributed by atoms with Crippen molar-refractivity contribution in [3.8, 4) is 0 Å². The van der Waals surface area contributed by atoms with Crippen molar-refractivity contribution in [1.82, 2.24) is 14.5 Å². The Morgan fingerprint density at radius 1 is 1.23 bits per heavy atom. The summed E-state index contributed by atoms with van der Waals surface area (Å²) in [7, 11) is 0. The van der Waals surface area contributed by atoms with Crippen LogP contribution in [0.25, 0.3) is 16.6 Å². The number of nitrogens with zero attached hydrogens (tertiary/aromatic N) is 3. The van der Waals surface area contributed by atoms with Crippen LogP contribution in [0.15, 0.2) is 18.3 Å². The third-order valence-electron chi connectivity index (χ3n) is 5.20. The standard InChI is InChI=1S/C21H24F3N3O3/c1-20(2,3)30-19(28)26-6-7-27-16(12-26)17(13-4-8-29-9-5-13)15-10-14(21(22,23)24)11-25-18(15)27/h4,10-11H,5-9,12H2,1-3H3. The van der Waals surface area contributed by atoms with Gasteiger partial charge in [-0.05, 0) is 38.8 Å². The molecule has 0 bridgehead atoms. The summed E-state index contributed by atoms with van der Waals surface area (Å²) in [6.45, 7) is 7.39. The zero-order valence-electron chi connectivity index (χ0n) is 17.2. The molecule has 0 fully saturated rings. The second-order valence-corrected chi connectivity index (χ2v) is 8.52. The number of aromatic nitrogens is 2. The van der Waals surface area contributed by atoms with Crippen LogP contribution in [0.5, 0.6) is 0 Å². The number of halogens is 3. The van der Waals surface area contributed by atoms with E-state index in [1.165, 1.54) is 0 Å². The van der Waals surface area contributed by atoms with E-state index in [1.807, 2.05) is 10.6 Å². The maximum absolute atomic E-state index is 13.3. The lowest BCUT2D eigenvalue weighted by Crippen LogP contribution is -2.41. The maximum atomic E-state index is 13.3. The second kappa shape index (κ2) is 7.30. The molecule has 0 aliphatic carbocycles. The molecule has 2 aliphatic rings. The molecule has 9 heteroatoms. The molecule has 2 aliphatic heterocycles. The molecule has 6 nitrogen and oxygen atoms in total. The van der Waals surface area contributed by atoms with Gasteiger partial charge in [0.2, 0.25) is 0 Å². The topological polar surface area (TPSA) is 56.6 Å². The number of rotatable bonds is 1. The third kappa shape index (κ3) is 3.90. The molecule has 162 valence electrons. The second-order valence-electron chi connectivity index (χ2n) is 8.52. The minimum Gasteiger partial charge on any atom is -0.444 e. The molecule has 30 heavy (non-hydrogen) atoms. The predicted octanol–water partition coefficient (Wildman–Crippen LogP) is 4.61. The van der Waals surface area contributed by atoms with Crippen LogP contribution in [0.3, 0.4) is 0 Å². The normalized spacial score (nSPS) is 17.7. The summed E-state index contributed by atoms with van der Waals surface area (Å²) in [5.74, 6) is 0. The van der Waals surface area contributed by atoms with Crippen LogP contribution in [0.4, 0.5) is 18.0 Å². The summed E-state index contributed by atoms with van der Waals surface area (Å²) in [5.41, 5.74) is 1.52. The van der Waals surface area contributed by atoms with Crippen LogP contribution < -0.4 is 0 Å². The number of hydrogen-bond acceptors (Lipinski definition) is 4. The van der Waals surface area contributed by atoms with Crippen LogP contribution in [0, 0.1) is 0 Å². The number of amides is 1. The Bertz CT molecular complexity index is 1020. The maximum Gasteiger partial charge on any atom is 0.417 e. The van der Waals surface area contributed by atoms with Crippen molar-refractivity contribution in [3.63, 3.8) is 0 Å². The van der Waals surface area contributed by atoms with Gasteiger partial charge in [0, 0.05) is 35.9 Å². The molecule has 0 unspecified atom stereocenters. The van der Waals surface area contributed by atoms with Crippen molar-refractivity contribution in [2.24, 2.45) is 0 Å². The Labute approximate surface area is 172 Å². The van der Waals surface area contributed by atoms with E-state index in [0.29, 0.717) is 43.8 Å². The van der Waals surface area contributed by atoms with Crippen LogP contribution in [0.2, 0.25) is 0 Å². The quantitative estimate of drug-likeness (QED) is 0.672. The van der Waals surface area contributed by atoms with Crippen LogP contribution >= 0.6 is 0 Å². The van der Waals surface area contributed by atoms with Gasteiger partial charge >= 0.3 is 12.3 Å². The van der Waals surface area contributed by atoms with E-state index < -0.39 is 23.4 Å². The monoisotopic (exact) mass is 423 g/mol. The van der Waals surface area contributed by atoms with E-state index >= 15 is 0 Å². The largest absolute Gasteiger partial charge is 0.444 e. The third-order valence-corrected chi connectivity index (χ3v) is 5.20. The van der Waals surface area contributed by atoms with E-state index in [0.717, 1.165) is 29.1 Å². The minimum atomic E-state index is -4.48. The number of carbonyl (C=O) groups excluding carboxylic acids is 1. The highest BCUT2D eigenvalue weighted by Gasteiger charge is 2.34. The van der Waals surface area contributed by atoms with Crippen molar-refractivity contribution in [2.75, 3.05) is 19.8 Å². The average Bonchev–Trinajstić information content (AvgIpc) is 2.99. The summed E-state index contributed by atoms with van der Waals surface area (Å²) in [5, 5.41) is 0.457. The predicted molar refractivity (Wildman–Crippen MR) is 105 cm³/mol. The summed E-state index contributed by atoms with van der Waals surface area (Å²) in [6, 6.07) is 1.16. The Morgan fingerprint density at radius 2 is 2.00 bits per heavy atom. The van der Waals surface area contributed by atoms with E-state index in [2.05, 4.69) is 4.98 Å². The van der Waals surface area contributed by atoms with Gasteiger partial charge < -0.3 is 18.9 Å². The number of hydrogen-bond donors (Lipinski definition) is 0. The van der Waals surface area contributed by atoms with E-state index in [-0.39, 0.29) is 6.54 Å². The lowest BCUT2D eigenvalue weighted by Gasteiger charge is -2.32. The first kappa shape index (κ1) is 20.7. The number of fused-ring (bicyclic) bond motifs is 3. The minimum absolute atomic E-state index is 0.250. The van der Waals surface area contributed by atoms with Crippen molar-refractivity contribution in [2.45, 2.75) is 52.1 Å². The Kier molecular flexibility index (Phi) is 5.04. The summed E-state index contributed by atoms with van der Waals surface area (Å²) < 4.78 is 52.8. The molecule has 0 atom stereocenters. The number of ether oxygens (including phenoxy) is 2. The molecule has 0 spiro atoms. The highest BCUT2D eigenvalue weighted by Crippen LogP contribution is 2.39. The fraction of sp³-hybridized carbons (Fsp3) is 0.524. The van der Waals surface area contributed by atoms with E-state index in [9.17, 15) is 18.0 Å². The summed E-state index contributed by atoms with van der Waals surface area (Å²) in [6.07, 6.45) is -1.55. The molecule has 0 N–H and O–H groups in total. The van der Waals surface area contributed by atoms with Crippen molar-refractivity contribution in [1.29, 1.82) is 0 Å². The zero-order chi connectivity index (χ0) is 21.7. The lowest BCUT2D eigenvalue weighted by atomic mass is 9.97. The van der Waals surface area contributed by atoms with E-state index in [4.69, 9.17) is 9.47 Å². The number of carbonyl (C=O) groups is 1. The molecule has 0 aromatic carbocycles. The lowest BCUT2D eigenvalue weighted by molar-refractivity contribution is -0.137. The molecule has 1 amide bonds. The Balaban J connectivity index is 1.82. The van der Waals surface area contributed by atoms with Gasteiger partial charge in [-0.25, -0.2) is 9.78 Å². The highest BCUT2D eigenvalue weighted by molar-refractivity contribution is 5.94. The Morgan fingerprint density at radius 3 is 2.63 bits per heavy atom. The van der Waals surface area contributed by atoms with Crippen LogP contribution in [0.1, 0.15) is 44.0 Å². The van der Waals surface area contributed by atoms with Gasteiger partial charge in [0.05, 0.1) is 25.3 Å². The smallest absolute Gasteiger partial charge is 0.417 e. The SMILES string of the molecule is CC(C)(C)OC(=O)N1CCn2c(c(C3=CCOCC3)c3cc(C(F)(F)F)cnc32)C1. The Hall–Kier alpha value is -2.55. The summed E-state index contributed by atoms with van der Waals surface area (Å²) in [4.78, 5) is 18.4. The average molecular weight is 423 g/mol. The molecular formula is C21H24F3N3O3. The molecule has 0 radical (unpaired) electrons. The number of pyridine rings is 1. The summed E-state index contributed by atoms with van der Waals surface area (Å²) >= 11 is 0. The molecule has 4 heterocycles. The molecule has 0 saturated heterocycles. The van der Waals surface area contributed by atoms with Gasteiger partial charge in [0.25, 0.3) is 0 Å². The molecule has 2 aromatic rings. The van der Waals surface area contributed by atoms with Crippen molar-refractivity contribution >= 4 is 22.7 Å². The van der Waals surface area contributed by atoms with Gasteiger partial charge in [-0.15, -0.1) is 0 Å².